The predicted octanol–water partition coefficient (Wildman–Crippen LogP) is 5.19. The van der Waals surface area contributed by atoms with Gasteiger partial charge in [-0.3, -0.25) is 4.79 Å². The Bertz CT molecular complexity index is 1110. The maximum absolute atomic E-state index is 13.2. The van der Waals surface area contributed by atoms with Crippen molar-refractivity contribution in [2.75, 3.05) is 0 Å². The second-order valence-electron chi connectivity index (χ2n) is 8.74. The average molecular weight is 418 g/mol. The molecule has 0 saturated heterocycles. The zero-order valence-electron chi connectivity index (χ0n) is 18.4. The number of benzene rings is 2. The molecular weight excluding hydrogens is 386 g/mol. The lowest BCUT2D eigenvalue weighted by Gasteiger charge is -2.28. The van der Waals surface area contributed by atoms with Crippen molar-refractivity contribution in [1.82, 2.24) is 15.2 Å². The lowest BCUT2D eigenvalue weighted by atomic mass is 9.96. The van der Waals surface area contributed by atoms with E-state index in [0.717, 1.165) is 53.3 Å². The summed E-state index contributed by atoms with van der Waals surface area (Å²) in [6.07, 6.45) is 5.62. The van der Waals surface area contributed by atoms with Gasteiger partial charge < -0.3 is 15.2 Å². The zero-order chi connectivity index (χ0) is 21.8. The first-order valence-electron chi connectivity index (χ1n) is 11.2. The number of aryl methyl sites for hydroxylation is 2. The number of nitrogens with one attached hydrogen (secondary N) is 2. The average Bonchev–Trinajstić information content (AvgIpc) is 2.78. The Morgan fingerprint density at radius 2 is 1.71 bits per heavy atom. The first kappa shape index (κ1) is 21.2. The Morgan fingerprint density at radius 3 is 2.45 bits per heavy atom. The minimum atomic E-state index is -0.135. The van der Waals surface area contributed by atoms with E-state index < -0.39 is 0 Å². The summed E-state index contributed by atoms with van der Waals surface area (Å²) in [7, 11) is 0. The van der Waals surface area contributed by atoms with E-state index in [9.17, 15) is 9.59 Å². The van der Waals surface area contributed by atoms with Crippen molar-refractivity contribution in [3.63, 3.8) is 0 Å². The molecule has 2 N–H and O–H groups in total. The molecule has 0 atom stereocenters. The molecule has 1 aliphatic carbocycles. The summed E-state index contributed by atoms with van der Waals surface area (Å²) >= 11 is 0. The van der Waals surface area contributed by atoms with Gasteiger partial charge in [-0.05, 0) is 49.4 Å². The van der Waals surface area contributed by atoms with Crippen LogP contribution in [0.1, 0.15) is 54.4 Å². The lowest BCUT2D eigenvalue weighted by molar-refractivity contribution is 0.184. The van der Waals surface area contributed by atoms with Gasteiger partial charge in [0.15, 0.2) is 0 Å². The Labute approximate surface area is 183 Å². The number of hydrogen-bond donors (Lipinski definition) is 2. The van der Waals surface area contributed by atoms with Crippen LogP contribution in [-0.2, 0) is 13.1 Å². The maximum Gasteiger partial charge on any atom is 0.318 e. The van der Waals surface area contributed by atoms with Crippen LogP contribution < -0.4 is 10.9 Å². The normalized spacial score (nSPS) is 14.5. The molecule has 5 nitrogen and oxygen atoms in total. The van der Waals surface area contributed by atoms with Gasteiger partial charge in [-0.1, -0.05) is 61.7 Å². The van der Waals surface area contributed by atoms with Crippen molar-refractivity contribution in [2.45, 2.75) is 65.1 Å². The Kier molecular flexibility index (Phi) is 6.40. The zero-order valence-corrected chi connectivity index (χ0v) is 18.4. The van der Waals surface area contributed by atoms with Crippen LogP contribution in [0.5, 0.6) is 0 Å². The number of hydrogen-bond acceptors (Lipinski definition) is 2. The molecule has 1 heterocycles. The molecule has 1 aromatic heterocycles. The SMILES string of the molecule is Cc1ccc(C)c2[nH]c(=O)c(CN(Cc3ccccc3)C(=O)NC3CCCCC3)cc12. The first-order valence-corrected chi connectivity index (χ1v) is 11.2. The highest BCUT2D eigenvalue weighted by molar-refractivity contribution is 5.85. The predicted molar refractivity (Wildman–Crippen MR) is 125 cm³/mol. The van der Waals surface area contributed by atoms with Crippen molar-refractivity contribution < 1.29 is 4.79 Å². The van der Waals surface area contributed by atoms with Gasteiger partial charge in [0, 0.05) is 23.5 Å². The van der Waals surface area contributed by atoms with Crippen LogP contribution >= 0.6 is 0 Å². The molecule has 0 radical (unpaired) electrons. The highest BCUT2D eigenvalue weighted by atomic mass is 16.2. The number of rotatable bonds is 5. The maximum atomic E-state index is 13.2. The molecule has 2 aromatic carbocycles. The molecule has 1 fully saturated rings. The van der Waals surface area contributed by atoms with Crippen molar-refractivity contribution in [3.05, 3.63) is 81.1 Å². The Morgan fingerprint density at radius 1 is 1.00 bits per heavy atom. The minimum absolute atomic E-state index is 0.101. The molecule has 0 spiro atoms. The molecule has 5 heteroatoms. The van der Waals surface area contributed by atoms with Crippen molar-refractivity contribution in [3.8, 4) is 0 Å². The van der Waals surface area contributed by atoms with E-state index in [2.05, 4.69) is 16.4 Å². The van der Waals surface area contributed by atoms with Crippen molar-refractivity contribution >= 4 is 16.9 Å². The smallest absolute Gasteiger partial charge is 0.318 e. The number of aromatic amines is 1. The number of fused-ring (bicyclic) bond motifs is 1. The van der Waals surface area contributed by atoms with Crippen LogP contribution in [0.4, 0.5) is 4.79 Å². The topological polar surface area (TPSA) is 65.2 Å². The fraction of sp³-hybridized carbons (Fsp3) is 0.385. The third-order valence-corrected chi connectivity index (χ3v) is 6.32. The molecule has 1 saturated carbocycles. The van der Waals surface area contributed by atoms with Crippen LogP contribution in [-0.4, -0.2) is 22.0 Å². The number of H-pyrrole nitrogens is 1. The number of urea groups is 1. The number of carbonyl (C=O) groups excluding carboxylic acids is 1. The van der Waals surface area contributed by atoms with Gasteiger partial charge in [0.05, 0.1) is 12.1 Å². The van der Waals surface area contributed by atoms with Gasteiger partial charge in [0.2, 0.25) is 0 Å². The second kappa shape index (κ2) is 9.38. The van der Waals surface area contributed by atoms with E-state index in [1.54, 1.807) is 4.90 Å². The third-order valence-electron chi connectivity index (χ3n) is 6.32. The monoisotopic (exact) mass is 417 g/mol. The standard InChI is InChI=1S/C26H31N3O2/c1-18-13-14-19(2)24-23(18)15-21(25(30)28-24)17-29(16-20-9-5-3-6-10-20)26(31)27-22-11-7-4-8-12-22/h3,5-6,9-10,13-15,22H,4,7-8,11-12,16-17H2,1-2H3,(H,27,31)(H,28,30). The number of nitrogens with zero attached hydrogens (tertiary/aromatic N) is 1. The molecule has 2 amide bonds. The molecular formula is C26H31N3O2. The van der Waals surface area contributed by atoms with Crippen molar-refractivity contribution in [2.24, 2.45) is 0 Å². The fourth-order valence-electron chi connectivity index (χ4n) is 4.46. The molecule has 1 aliphatic rings. The van der Waals surface area contributed by atoms with E-state index in [1.165, 1.54) is 6.42 Å². The van der Waals surface area contributed by atoms with Gasteiger partial charge >= 0.3 is 6.03 Å². The van der Waals surface area contributed by atoms with E-state index in [1.807, 2.05) is 56.3 Å². The van der Waals surface area contributed by atoms with E-state index >= 15 is 0 Å². The van der Waals surface area contributed by atoms with Crippen LogP contribution in [0, 0.1) is 13.8 Å². The van der Waals surface area contributed by atoms with Crippen molar-refractivity contribution in [1.29, 1.82) is 0 Å². The quantitative estimate of drug-likeness (QED) is 0.600. The molecule has 4 rings (SSSR count). The van der Waals surface area contributed by atoms with Crippen LogP contribution in [0.3, 0.4) is 0 Å². The van der Waals surface area contributed by atoms with Gasteiger partial charge in [0.25, 0.3) is 5.56 Å². The first-order chi connectivity index (χ1) is 15.0. The summed E-state index contributed by atoms with van der Waals surface area (Å²) < 4.78 is 0. The fourth-order valence-corrected chi connectivity index (χ4v) is 4.46. The largest absolute Gasteiger partial charge is 0.335 e. The van der Waals surface area contributed by atoms with Gasteiger partial charge in [0.1, 0.15) is 0 Å². The highest BCUT2D eigenvalue weighted by Crippen LogP contribution is 2.21. The van der Waals surface area contributed by atoms with E-state index in [0.29, 0.717) is 12.1 Å². The molecule has 0 bridgehead atoms. The minimum Gasteiger partial charge on any atom is -0.335 e. The summed E-state index contributed by atoms with van der Waals surface area (Å²) in [6, 6.07) is 16.1. The summed E-state index contributed by atoms with van der Waals surface area (Å²) in [5, 5.41) is 4.24. The Balaban J connectivity index is 1.63. The van der Waals surface area contributed by atoms with E-state index in [4.69, 9.17) is 0 Å². The molecule has 0 aliphatic heterocycles. The second-order valence-corrected chi connectivity index (χ2v) is 8.74. The number of aromatic nitrogens is 1. The Hall–Kier alpha value is -3.08. The summed E-state index contributed by atoms with van der Waals surface area (Å²) in [4.78, 5) is 30.9. The van der Waals surface area contributed by atoms with Gasteiger partial charge in [-0.25, -0.2) is 4.79 Å². The molecule has 31 heavy (non-hydrogen) atoms. The summed E-state index contributed by atoms with van der Waals surface area (Å²) in [6.45, 7) is 4.77. The van der Waals surface area contributed by atoms with Crippen LogP contribution in [0.2, 0.25) is 0 Å². The number of amides is 2. The molecule has 162 valence electrons. The van der Waals surface area contributed by atoms with Gasteiger partial charge in [-0.15, -0.1) is 0 Å². The third kappa shape index (κ3) is 4.98. The number of pyridine rings is 1. The summed E-state index contributed by atoms with van der Waals surface area (Å²) in [5.74, 6) is 0. The summed E-state index contributed by atoms with van der Waals surface area (Å²) in [5.41, 5.74) is 4.54. The highest BCUT2D eigenvalue weighted by Gasteiger charge is 2.21. The molecule has 3 aromatic rings. The molecule has 0 unspecified atom stereocenters. The van der Waals surface area contributed by atoms with E-state index in [-0.39, 0.29) is 24.2 Å². The lowest BCUT2D eigenvalue weighted by Crippen LogP contribution is -2.45. The van der Waals surface area contributed by atoms with Gasteiger partial charge in [-0.2, -0.15) is 0 Å². The number of carbonyl (C=O) groups is 1. The van der Waals surface area contributed by atoms with Crippen LogP contribution in [0.15, 0.2) is 53.3 Å². The van der Waals surface area contributed by atoms with Crippen LogP contribution in [0.25, 0.3) is 10.9 Å².